The summed E-state index contributed by atoms with van der Waals surface area (Å²) in [6.45, 7) is 1.03. The zero-order valence-corrected chi connectivity index (χ0v) is 13.2. The van der Waals surface area contributed by atoms with Gasteiger partial charge in [-0.05, 0) is 42.7 Å². The molecule has 2 aromatic carbocycles. The van der Waals surface area contributed by atoms with Crippen LogP contribution < -0.4 is 10.2 Å². The lowest BCUT2D eigenvalue weighted by molar-refractivity contribution is 0.103. The number of rotatable bonds is 2. The standard InChI is InChI=1S/C20H17N3O/c24-20-15-8-9-18(14-5-1-6-16(22-20)19(14)15)23-11-3-7-17(23)13-4-2-10-21-12-13/h1-2,4-6,8-10,12,17H,3,7,11H2,(H,22,24)/t17-/m0/s1. The van der Waals surface area contributed by atoms with Crippen LogP contribution in [0.15, 0.2) is 54.9 Å². The number of amides is 1. The molecule has 3 aromatic rings. The summed E-state index contributed by atoms with van der Waals surface area (Å²) in [4.78, 5) is 18.9. The lowest BCUT2D eigenvalue weighted by atomic mass is 10.0. The van der Waals surface area contributed by atoms with Crippen LogP contribution in [0.5, 0.6) is 0 Å². The molecule has 1 atom stereocenters. The summed E-state index contributed by atoms with van der Waals surface area (Å²) in [7, 11) is 0. The Morgan fingerprint density at radius 1 is 1.12 bits per heavy atom. The Kier molecular flexibility index (Phi) is 2.86. The maximum Gasteiger partial charge on any atom is 0.256 e. The van der Waals surface area contributed by atoms with Crippen LogP contribution in [0.2, 0.25) is 0 Å². The van der Waals surface area contributed by atoms with Crippen LogP contribution in [0.1, 0.15) is 34.8 Å². The SMILES string of the molecule is O=C1Nc2cccc3c(N4CCC[C@H]4c4cccnc4)ccc1c23. The first-order chi connectivity index (χ1) is 11.8. The maximum absolute atomic E-state index is 12.1. The third-order valence-electron chi connectivity index (χ3n) is 5.14. The quantitative estimate of drug-likeness (QED) is 0.773. The third-order valence-corrected chi connectivity index (χ3v) is 5.14. The highest BCUT2D eigenvalue weighted by molar-refractivity contribution is 6.25. The molecule has 0 bridgehead atoms. The fraction of sp³-hybridized carbons (Fsp3) is 0.200. The van der Waals surface area contributed by atoms with E-state index in [0.29, 0.717) is 6.04 Å². The molecule has 0 unspecified atom stereocenters. The van der Waals surface area contributed by atoms with Crippen molar-refractivity contribution in [3.05, 3.63) is 66.0 Å². The van der Waals surface area contributed by atoms with E-state index in [0.717, 1.165) is 35.0 Å². The molecular weight excluding hydrogens is 298 g/mol. The predicted octanol–water partition coefficient (Wildman–Crippen LogP) is 4.14. The molecule has 5 rings (SSSR count). The maximum atomic E-state index is 12.1. The third kappa shape index (κ3) is 1.86. The Morgan fingerprint density at radius 3 is 2.96 bits per heavy atom. The highest BCUT2D eigenvalue weighted by atomic mass is 16.1. The Labute approximate surface area is 140 Å². The number of nitrogens with zero attached hydrogens (tertiary/aromatic N) is 2. The van der Waals surface area contributed by atoms with Crippen molar-refractivity contribution in [3.8, 4) is 0 Å². The molecule has 118 valence electrons. The van der Waals surface area contributed by atoms with E-state index >= 15 is 0 Å². The van der Waals surface area contributed by atoms with E-state index in [1.807, 2.05) is 36.7 Å². The summed E-state index contributed by atoms with van der Waals surface area (Å²) in [6.07, 6.45) is 6.08. The number of pyridine rings is 1. The molecular formula is C20H17N3O. The van der Waals surface area contributed by atoms with E-state index in [9.17, 15) is 4.79 Å². The first-order valence-corrected chi connectivity index (χ1v) is 8.36. The predicted molar refractivity (Wildman–Crippen MR) is 95.5 cm³/mol. The molecule has 1 saturated heterocycles. The van der Waals surface area contributed by atoms with Gasteiger partial charge in [0.25, 0.3) is 5.91 Å². The van der Waals surface area contributed by atoms with Gasteiger partial charge in [0, 0.05) is 46.6 Å². The van der Waals surface area contributed by atoms with Crippen LogP contribution in [0.3, 0.4) is 0 Å². The van der Waals surface area contributed by atoms with E-state index in [-0.39, 0.29) is 5.91 Å². The second kappa shape index (κ2) is 5.06. The van der Waals surface area contributed by atoms with Gasteiger partial charge in [-0.1, -0.05) is 18.2 Å². The van der Waals surface area contributed by atoms with Gasteiger partial charge >= 0.3 is 0 Å². The second-order valence-corrected chi connectivity index (χ2v) is 6.45. The van der Waals surface area contributed by atoms with E-state index in [4.69, 9.17) is 0 Å². The molecule has 24 heavy (non-hydrogen) atoms. The Morgan fingerprint density at radius 2 is 2.08 bits per heavy atom. The van der Waals surface area contributed by atoms with E-state index in [2.05, 4.69) is 33.4 Å². The molecule has 1 aromatic heterocycles. The summed E-state index contributed by atoms with van der Waals surface area (Å²) in [6, 6.07) is 14.7. The Hall–Kier alpha value is -2.88. The minimum absolute atomic E-state index is 0.00187. The van der Waals surface area contributed by atoms with Crippen molar-refractivity contribution in [3.63, 3.8) is 0 Å². The summed E-state index contributed by atoms with van der Waals surface area (Å²) >= 11 is 0. The number of nitrogens with one attached hydrogen (secondary N) is 1. The van der Waals surface area contributed by atoms with Crippen LogP contribution >= 0.6 is 0 Å². The van der Waals surface area contributed by atoms with Gasteiger partial charge in [0.15, 0.2) is 0 Å². The van der Waals surface area contributed by atoms with Crippen molar-refractivity contribution in [1.29, 1.82) is 0 Å². The molecule has 4 nitrogen and oxygen atoms in total. The minimum Gasteiger partial charge on any atom is -0.364 e. The lowest BCUT2D eigenvalue weighted by Gasteiger charge is -2.28. The van der Waals surface area contributed by atoms with Crippen molar-refractivity contribution in [2.75, 3.05) is 16.8 Å². The van der Waals surface area contributed by atoms with Gasteiger partial charge in [0.2, 0.25) is 0 Å². The average molecular weight is 315 g/mol. The first-order valence-electron chi connectivity index (χ1n) is 8.36. The summed E-state index contributed by atoms with van der Waals surface area (Å²) < 4.78 is 0. The Bertz CT molecular complexity index is 952. The van der Waals surface area contributed by atoms with Crippen molar-refractivity contribution in [2.45, 2.75) is 18.9 Å². The average Bonchev–Trinajstić information content (AvgIpc) is 3.23. The number of anilines is 2. The van der Waals surface area contributed by atoms with Gasteiger partial charge in [0.1, 0.15) is 0 Å². The molecule has 0 radical (unpaired) electrons. The number of carbonyl (C=O) groups is 1. The molecule has 1 N–H and O–H groups in total. The molecule has 2 aliphatic heterocycles. The molecule has 1 amide bonds. The molecule has 0 aliphatic carbocycles. The monoisotopic (exact) mass is 315 g/mol. The van der Waals surface area contributed by atoms with Gasteiger partial charge in [-0.25, -0.2) is 0 Å². The van der Waals surface area contributed by atoms with E-state index < -0.39 is 0 Å². The van der Waals surface area contributed by atoms with Crippen LogP contribution in [0, 0.1) is 0 Å². The zero-order valence-electron chi connectivity index (χ0n) is 13.2. The summed E-state index contributed by atoms with van der Waals surface area (Å²) in [5.41, 5.74) is 4.17. The van der Waals surface area contributed by atoms with Crippen LogP contribution in [0.4, 0.5) is 11.4 Å². The molecule has 1 fully saturated rings. The van der Waals surface area contributed by atoms with Crippen LogP contribution in [0.25, 0.3) is 10.8 Å². The number of aromatic nitrogens is 1. The number of hydrogen-bond donors (Lipinski definition) is 1. The normalized spacial score (nSPS) is 19.1. The molecule has 3 heterocycles. The van der Waals surface area contributed by atoms with Gasteiger partial charge in [-0.3, -0.25) is 9.78 Å². The van der Waals surface area contributed by atoms with E-state index in [1.54, 1.807) is 0 Å². The second-order valence-electron chi connectivity index (χ2n) is 6.45. The summed E-state index contributed by atoms with van der Waals surface area (Å²) in [5, 5.41) is 5.17. The van der Waals surface area contributed by atoms with Gasteiger partial charge < -0.3 is 10.2 Å². The number of hydrogen-bond acceptors (Lipinski definition) is 3. The summed E-state index contributed by atoms with van der Waals surface area (Å²) in [5.74, 6) is -0.00187. The van der Waals surface area contributed by atoms with Crippen molar-refractivity contribution in [1.82, 2.24) is 4.98 Å². The number of benzene rings is 2. The fourth-order valence-electron chi connectivity index (χ4n) is 4.10. The fourth-order valence-corrected chi connectivity index (χ4v) is 4.10. The highest BCUT2D eigenvalue weighted by Gasteiger charge is 2.30. The molecule has 0 saturated carbocycles. The van der Waals surface area contributed by atoms with Crippen molar-refractivity contribution < 1.29 is 4.79 Å². The highest BCUT2D eigenvalue weighted by Crippen LogP contribution is 2.43. The topological polar surface area (TPSA) is 45.2 Å². The zero-order chi connectivity index (χ0) is 16.1. The van der Waals surface area contributed by atoms with Gasteiger partial charge in [-0.2, -0.15) is 0 Å². The minimum atomic E-state index is -0.00187. The number of carbonyl (C=O) groups excluding carboxylic acids is 1. The first kappa shape index (κ1) is 13.5. The Balaban J connectivity index is 1.68. The molecule has 2 aliphatic rings. The van der Waals surface area contributed by atoms with Gasteiger partial charge in [0.05, 0.1) is 6.04 Å². The molecule has 4 heteroatoms. The van der Waals surface area contributed by atoms with Crippen LogP contribution in [-0.2, 0) is 0 Å². The molecule has 0 spiro atoms. The van der Waals surface area contributed by atoms with Crippen molar-refractivity contribution >= 4 is 28.1 Å². The van der Waals surface area contributed by atoms with E-state index in [1.165, 1.54) is 17.7 Å². The van der Waals surface area contributed by atoms with Gasteiger partial charge in [-0.15, -0.1) is 0 Å². The smallest absolute Gasteiger partial charge is 0.256 e. The van der Waals surface area contributed by atoms with Crippen LogP contribution in [-0.4, -0.2) is 17.4 Å². The largest absolute Gasteiger partial charge is 0.364 e. The lowest BCUT2D eigenvalue weighted by Crippen LogP contribution is -2.22. The van der Waals surface area contributed by atoms with Crippen molar-refractivity contribution in [2.24, 2.45) is 0 Å².